The van der Waals surface area contributed by atoms with Gasteiger partial charge in [-0.2, -0.15) is 18.4 Å². The van der Waals surface area contributed by atoms with E-state index in [0.717, 1.165) is 19.3 Å². The van der Waals surface area contributed by atoms with Gasteiger partial charge in [0.15, 0.2) is 0 Å². The maximum Gasteiger partial charge on any atom is 0.403 e. The summed E-state index contributed by atoms with van der Waals surface area (Å²) in [6, 6.07) is -1.31. The van der Waals surface area contributed by atoms with Gasteiger partial charge in [-0.3, -0.25) is 19.2 Å². The first kappa shape index (κ1) is 31.5. The van der Waals surface area contributed by atoms with Crippen LogP contribution >= 0.6 is 0 Å². The summed E-state index contributed by atoms with van der Waals surface area (Å²) in [4.78, 5) is 54.7. The molecule has 0 unspecified atom stereocenters. The smallest absolute Gasteiger partial charge is 0.370 e. The molecule has 2 aliphatic heterocycles. The molecule has 0 aromatic carbocycles. The van der Waals surface area contributed by atoms with Crippen LogP contribution in [-0.2, 0) is 23.9 Å². The molecule has 2 saturated heterocycles. The Hall–Kier alpha value is -2.88. The highest BCUT2D eigenvalue weighted by molar-refractivity contribution is 5.95. The Bertz CT molecular complexity index is 1210. The molecule has 0 spiro atoms. The molecule has 13 heteroatoms. The quantitative estimate of drug-likeness (QED) is 0.348. The molecule has 2 heterocycles. The fourth-order valence-electron chi connectivity index (χ4n) is 7.38. The summed E-state index contributed by atoms with van der Waals surface area (Å²) >= 11 is 0. The van der Waals surface area contributed by atoms with Crippen LogP contribution in [0.3, 0.4) is 0 Å². The van der Waals surface area contributed by atoms with Gasteiger partial charge in [0.25, 0.3) is 0 Å². The van der Waals surface area contributed by atoms with E-state index in [9.17, 15) is 37.6 Å². The van der Waals surface area contributed by atoms with Gasteiger partial charge in [0.2, 0.25) is 23.6 Å². The molecule has 7 atom stereocenters. The van der Waals surface area contributed by atoms with Crippen LogP contribution in [0.1, 0.15) is 79.1 Å². The van der Waals surface area contributed by atoms with Crippen molar-refractivity contribution in [1.82, 2.24) is 20.9 Å². The Morgan fingerprint density at radius 1 is 1.14 bits per heavy atom. The standard InChI is InChI=1S/C30H42F3N5O5/c1-16(43-28(4)10-11-28)21(37-26(42)29(8-6-9-29)30(31,32)33)25(41)38-15-19-20(27(19,2)3)22(38)24(40)36-18(14-34)13-17-7-5-12-35-23(17)39/h16-22H,5-13,15H2,1-4H3,(H,35,39)(H,36,40)(H,37,42)/t16-,17+,18+,19+,20+,21+,22+/m1/s1. The van der Waals surface area contributed by atoms with Crippen molar-refractivity contribution < 1.29 is 37.1 Å². The number of nitrogens with one attached hydrogen (secondary N) is 3. The lowest BCUT2D eigenvalue weighted by molar-refractivity contribution is -0.244. The van der Waals surface area contributed by atoms with Crippen molar-refractivity contribution >= 4 is 23.6 Å². The molecular formula is C30H42F3N5O5. The zero-order valence-corrected chi connectivity index (χ0v) is 25.2. The van der Waals surface area contributed by atoms with Crippen LogP contribution in [0.2, 0.25) is 0 Å². The molecule has 0 bridgehead atoms. The van der Waals surface area contributed by atoms with Crippen LogP contribution in [-0.4, -0.2) is 77.6 Å². The Balaban J connectivity index is 1.36. The summed E-state index contributed by atoms with van der Waals surface area (Å²) < 4.78 is 48.1. The molecule has 3 aliphatic carbocycles. The largest absolute Gasteiger partial charge is 0.403 e. The Labute approximate surface area is 249 Å². The van der Waals surface area contributed by atoms with Gasteiger partial charge in [0.1, 0.15) is 23.5 Å². The van der Waals surface area contributed by atoms with Gasteiger partial charge in [-0.05, 0) is 76.0 Å². The zero-order chi connectivity index (χ0) is 31.5. The van der Waals surface area contributed by atoms with Crippen LogP contribution in [0, 0.1) is 39.9 Å². The number of ether oxygens (including phenoxy) is 1. The summed E-state index contributed by atoms with van der Waals surface area (Å²) in [6.45, 7) is 8.14. The number of nitriles is 1. The highest BCUT2D eigenvalue weighted by Gasteiger charge is 2.70. The number of hydrogen-bond acceptors (Lipinski definition) is 6. The van der Waals surface area contributed by atoms with Crippen molar-refractivity contribution in [2.24, 2.45) is 28.6 Å². The number of halogens is 3. The van der Waals surface area contributed by atoms with Crippen LogP contribution < -0.4 is 16.0 Å². The van der Waals surface area contributed by atoms with Crippen LogP contribution in [0.15, 0.2) is 0 Å². The second-order valence-corrected chi connectivity index (χ2v) is 14.1. The second kappa shape index (κ2) is 10.9. The molecule has 0 aromatic rings. The first-order valence-corrected chi connectivity index (χ1v) is 15.4. The molecule has 10 nitrogen and oxygen atoms in total. The lowest BCUT2D eigenvalue weighted by atomic mass is 9.67. The van der Waals surface area contributed by atoms with E-state index in [1.54, 1.807) is 6.92 Å². The minimum Gasteiger partial charge on any atom is -0.370 e. The van der Waals surface area contributed by atoms with Crippen LogP contribution in [0.4, 0.5) is 13.2 Å². The molecule has 238 valence electrons. The SMILES string of the molecule is C[C@@H](OC1(C)CC1)[C@H](NC(=O)C1(C(F)(F)F)CCC1)C(=O)N1C[C@H]2[C@@H]([C@H]1C(=O)N[C@H](C#N)C[C@@H]1CCCNC1=O)C2(C)C. The fourth-order valence-corrected chi connectivity index (χ4v) is 7.38. The summed E-state index contributed by atoms with van der Waals surface area (Å²) in [5, 5.41) is 17.7. The minimum atomic E-state index is -4.77. The molecular weight excluding hydrogens is 567 g/mol. The van der Waals surface area contributed by atoms with E-state index >= 15 is 0 Å². The second-order valence-electron chi connectivity index (χ2n) is 14.1. The van der Waals surface area contributed by atoms with Crippen molar-refractivity contribution in [3.05, 3.63) is 0 Å². The van der Waals surface area contributed by atoms with Crippen molar-refractivity contribution in [2.45, 2.75) is 115 Å². The van der Waals surface area contributed by atoms with Gasteiger partial charge in [0, 0.05) is 19.0 Å². The topological polar surface area (TPSA) is 141 Å². The number of amides is 4. The molecule has 4 amide bonds. The van der Waals surface area contributed by atoms with E-state index in [-0.39, 0.29) is 55.4 Å². The van der Waals surface area contributed by atoms with Gasteiger partial charge in [-0.1, -0.05) is 20.3 Å². The molecule has 0 aromatic heterocycles. The number of nitrogens with zero attached hydrogens (tertiary/aromatic N) is 2. The van der Waals surface area contributed by atoms with E-state index in [1.807, 2.05) is 20.8 Å². The average molecular weight is 610 g/mol. The van der Waals surface area contributed by atoms with E-state index in [4.69, 9.17) is 4.74 Å². The molecule has 5 aliphatic rings. The van der Waals surface area contributed by atoms with Gasteiger partial charge >= 0.3 is 6.18 Å². The van der Waals surface area contributed by atoms with Crippen molar-refractivity contribution in [3.8, 4) is 6.07 Å². The predicted octanol–water partition coefficient (Wildman–Crippen LogP) is 2.57. The first-order chi connectivity index (χ1) is 20.0. The van der Waals surface area contributed by atoms with Gasteiger partial charge in [0.05, 0.1) is 17.8 Å². The molecule has 5 rings (SSSR count). The van der Waals surface area contributed by atoms with Crippen LogP contribution in [0.5, 0.6) is 0 Å². The fraction of sp³-hybridized carbons (Fsp3) is 0.833. The average Bonchev–Trinajstić information content (AvgIpc) is 3.65. The monoisotopic (exact) mass is 609 g/mol. The maximum atomic E-state index is 14.2. The number of piperidine rings is 2. The zero-order valence-electron chi connectivity index (χ0n) is 25.2. The number of alkyl halides is 3. The van der Waals surface area contributed by atoms with Crippen molar-refractivity contribution in [3.63, 3.8) is 0 Å². The van der Waals surface area contributed by atoms with Crippen molar-refractivity contribution in [1.29, 1.82) is 5.26 Å². The summed E-state index contributed by atoms with van der Waals surface area (Å²) in [5.41, 5.74) is -3.34. The number of fused-ring (bicyclic) bond motifs is 1. The summed E-state index contributed by atoms with van der Waals surface area (Å²) in [6.07, 6.45) is -3.20. The third kappa shape index (κ3) is 5.71. The molecule has 0 radical (unpaired) electrons. The van der Waals surface area contributed by atoms with E-state index < -0.39 is 65.1 Å². The van der Waals surface area contributed by atoms with Gasteiger partial charge in [-0.15, -0.1) is 0 Å². The lowest BCUT2D eigenvalue weighted by Gasteiger charge is -2.43. The molecule has 3 N–H and O–H groups in total. The Morgan fingerprint density at radius 2 is 1.81 bits per heavy atom. The highest BCUT2D eigenvalue weighted by Crippen LogP contribution is 2.65. The summed E-state index contributed by atoms with van der Waals surface area (Å²) in [5.74, 6) is -3.31. The van der Waals surface area contributed by atoms with E-state index in [1.165, 1.54) is 4.90 Å². The first-order valence-electron chi connectivity index (χ1n) is 15.4. The normalized spacial score (nSPS) is 31.7. The predicted molar refractivity (Wildman–Crippen MR) is 147 cm³/mol. The third-order valence-electron chi connectivity index (χ3n) is 10.8. The number of likely N-dealkylation sites (tertiary alicyclic amines) is 1. The summed E-state index contributed by atoms with van der Waals surface area (Å²) in [7, 11) is 0. The number of hydrogen-bond donors (Lipinski definition) is 3. The van der Waals surface area contributed by atoms with E-state index in [2.05, 4.69) is 22.0 Å². The molecule has 3 saturated carbocycles. The maximum absolute atomic E-state index is 14.2. The minimum absolute atomic E-state index is 0.0291. The van der Waals surface area contributed by atoms with Gasteiger partial charge in [-0.25, -0.2) is 0 Å². The molecule has 43 heavy (non-hydrogen) atoms. The van der Waals surface area contributed by atoms with Crippen molar-refractivity contribution in [2.75, 3.05) is 13.1 Å². The lowest BCUT2D eigenvalue weighted by Crippen LogP contribution is -2.63. The Kier molecular flexibility index (Phi) is 8.02. The highest BCUT2D eigenvalue weighted by atomic mass is 19.4. The number of rotatable bonds is 10. The molecule has 5 fully saturated rings. The van der Waals surface area contributed by atoms with Gasteiger partial charge < -0.3 is 25.6 Å². The number of carbonyl (C=O) groups excluding carboxylic acids is 4. The number of carbonyl (C=O) groups is 4. The van der Waals surface area contributed by atoms with Crippen LogP contribution in [0.25, 0.3) is 0 Å². The third-order valence-corrected chi connectivity index (χ3v) is 10.8. The van der Waals surface area contributed by atoms with E-state index in [0.29, 0.717) is 13.0 Å². The Morgan fingerprint density at radius 3 is 2.35 bits per heavy atom.